The van der Waals surface area contributed by atoms with Crippen LogP contribution in [0, 0.1) is 5.92 Å². The summed E-state index contributed by atoms with van der Waals surface area (Å²) < 4.78 is 0. The Kier molecular flexibility index (Phi) is 6.28. The number of nitrogens with one attached hydrogen (secondary N) is 2. The first-order valence-electron chi connectivity index (χ1n) is 8.54. The molecular weight excluding hydrogens is 314 g/mol. The fourth-order valence-electron chi connectivity index (χ4n) is 2.38. The van der Waals surface area contributed by atoms with Gasteiger partial charge in [-0.05, 0) is 35.6 Å². The lowest BCUT2D eigenvalue weighted by Gasteiger charge is -2.13. The Balaban J connectivity index is 2.15. The largest absolute Gasteiger partial charge is 0.350 e. The lowest BCUT2D eigenvalue weighted by molar-refractivity contribution is 0.0944. The highest BCUT2D eigenvalue weighted by Crippen LogP contribution is 2.24. The minimum atomic E-state index is -0.327. The Hall–Kier alpha value is -2.69. The summed E-state index contributed by atoms with van der Waals surface area (Å²) >= 11 is 0. The molecule has 1 aromatic heterocycles. The molecule has 0 bridgehead atoms. The monoisotopic (exact) mass is 339 g/mol. The molecule has 2 amide bonds. The van der Waals surface area contributed by atoms with Crippen LogP contribution in [0.1, 0.15) is 60.2 Å². The molecule has 5 nitrogen and oxygen atoms in total. The van der Waals surface area contributed by atoms with E-state index in [4.69, 9.17) is 0 Å². The van der Waals surface area contributed by atoms with Gasteiger partial charge in [-0.2, -0.15) is 0 Å². The molecule has 0 atom stereocenters. The third-order valence-corrected chi connectivity index (χ3v) is 3.72. The third kappa shape index (κ3) is 5.14. The van der Waals surface area contributed by atoms with Gasteiger partial charge in [0.2, 0.25) is 0 Å². The van der Waals surface area contributed by atoms with Gasteiger partial charge in [-0.15, -0.1) is 0 Å². The molecule has 2 N–H and O–H groups in total. The van der Waals surface area contributed by atoms with Crippen LogP contribution >= 0.6 is 0 Å². The number of anilines is 1. The topological polar surface area (TPSA) is 71.1 Å². The number of hydrogen-bond acceptors (Lipinski definition) is 3. The van der Waals surface area contributed by atoms with Crippen LogP contribution in [-0.2, 0) is 0 Å². The highest BCUT2D eigenvalue weighted by Gasteiger charge is 2.14. The highest BCUT2D eigenvalue weighted by molar-refractivity contribution is 6.04. The van der Waals surface area contributed by atoms with Gasteiger partial charge in [0.15, 0.2) is 0 Å². The van der Waals surface area contributed by atoms with Gasteiger partial charge in [-0.3, -0.25) is 9.59 Å². The first-order chi connectivity index (χ1) is 11.9. The van der Waals surface area contributed by atoms with Gasteiger partial charge in [0.25, 0.3) is 11.8 Å². The van der Waals surface area contributed by atoms with Gasteiger partial charge in [-0.25, -0.2) is 4.98 Å². The molecule has 0 saturated heterocycles. The van der Waals surface area contributed by atoms with Crippen molar-refractivity contribution in [3.63, 3.8) is 0 Å². The van der Waals surface area contributed by atoms with Crippen molar-refractivity contribution in [3.05, 3.63) is 59.4 Å². The smallest absolute Gasteiger partial charge is 0.274 e. The minimum Gasteiger partial charge on any atom is -0.350 e. The predicted molar refractivity (Wildman–Crippen MR) is 99.9 cm³/mol. The Morgan fingerprint density at radius 1 is 0.920 bits per heavy atom. The van der Waals surface area contributed by atoms with Crippen LogP contribution in [0.25, 0.3) is 0 Å². The van der Waals surface area contributed by atoms with Crippen molar-refractivity contribution < 1.29 is 9.59 Å². The summed E-state index contributed by atoms with van der Waals surface area (Å²) in [5, 5.41) is 5.70. The molecule has 0 unspecified atom stereocenters. The number of para-hydroxylation sites is 1. The van der Waals surface area contributed by atoms with Crippen molar-refractivity contribution in [2.24, 2.45) is 5.92 Å². The molecule has 0 radical (unpaired) electrons. The number of aromatic nitrogens is 1. The number of benzene rings is 1. The number of pyridine rings is 1. The van der Waals surface area contributed by atoms with Gasteiger partial charge in [0, 0.05) is 12.2 Å². The van der Waals surface area contributed by atoms with E-state index in [-0.39, 0.29) is 29.1 Å². The van der Waals surface area contributed by atoms with Crippen molar-refractivity contribution in [2.75, 3.05) is 11.9 Å². The van der Waals surface area contributed by atoms with Crippen LogP contribution < -0.4 is 10.6 Å². The maximum absolute atomic E-state index is 12.5. The van der Waals surface area contributed by atoms with E-state index in [0.717, 1.165) is 11.3 Å². The van der Waals surface area contributed by atoms with Crippen LogP contribution in [0.4, 0.5) is 5.69 Å². The molecule has 2 rings (SSSR count). The third-order valence-electron chi connectivity index (χ3n) is 3.72. The normalized spacial score (nSPS) is 10.8. The Bertz CT molecular complexity index is 754. The van der Waals surface area contributed by atoms with Crippen molar-refractivity contribution in [3.8, 4) is 0 Å². The predicted octanol–water partition coefficient (Wildman–Crippen LogP) is 3.84. The molecule has 1 aromatic carbocycles. The zero-order chi connectivity index (χ0) is 18.4. The lowest BCUT2D eigenvalue weighted by Crippen LogP contribution is -2.28. The molecular formula is C20H25N3O2. The van der Waals surface area contributed by atoms with E-state index in [2.05, 4.69) is 29.5 Å². The summed E-state index contributed by atoms with van der Waals surface area (Å²) in [6.45, 7) is 8.75. The molecule has 0 aliphatic rings. The molecule has 25 heavy (non-hydrogen) atoms. The van der Waals surface area contributed by atoms with Crippen molar-refractivity contribution in [1.29, 1.82) is 0 Å². The Morgan fingerprint density at radius 3 is 2.20 bits per heavy atom. The molecule has 2 aromatic rings. The van der Waals surface area contributed by atoms with Crippen molar-refractivity contribution in [2.45, 2.75) is 33.6 Å². The molecule has 0 spiro atoms. The van der Waals surface area contributed by atoms with Gasteiger partial charge < -0.3 is 10.6 Å². The van der Waals surface area contributed by atoms with Gasteiger partial charge in [-0.1, -0.05) is 52.0 Å². The van der Waals surface area contributed by atoms with E-state index in [1.807, 2.05) is 38.1 Å². The lowest BCUT2D eigenvalue weighted by atomic mass is 10.0. The van der Waals surface area contributed by atoms with E-state index in [1.165, 1.54) is 0 Å². The van der Waals surface area contributed by atoms with E-state index < -0.39 is 0 Å². The quantitative estimate of drug-likeness (QED) is 0.840. The summed E-state index contributed by atoms with van der Waals surface area (Å²) in [5.74, 6) is 0.0399. The van der Waals surface area contributed by atoms with Gasteiger partial charge >= 0.3 is 0 Å². The zero-order valence-corrected chi connectivity index (χ0v) is 15.2. The Labute approximate surface area is 148 Å². The SMILES string of the molecule is CC(C)CNC(=O)c1cccc(C(=O)Nc2ccccc2C(C)C)n1. The summed E-state index contributed by atoms with van der Waals surface area (Å²) in [6.07, 6.45) is 0. The van der Waals surface area contributed by atoms with E-state index >= 15 is 0 Å². The standard InChI is InChI=1S/C20H25N3O2/c1-13(2)12-21-19(24)17-10-7-11-18(22-17)20(25)23-16-9-6-5-8-15(16)14(3)4/h5-11,13-14H,12H2,1-4H3,(H,21,24)(H,23,25). The van der Waals surface area contributed by atoms with Crippen LogP contribution in [-0.4, -0.2) is 23.3 Å². The summed E-state index contributed by atoms with van der Waals surface area (Å²) in [6, 6.07) is 12.6. The van der Waals surface area contributed by atoms with E-state index in [1.54, 1.807) is 18.2 Å². The van der Waals surface area contributed by atoms with Crippen LogP contribution in [0.2, 0.25) is 0 Å². The van der Waals surface area contributed by atoms with Crippen LogP contribution in [0.15, 0.2) is 42.5 Å². The summed E-state index contributed by atoms with van der Waals surface area (Å²) in [7, 11) is 0. The molecule has 0 saturated carbocycles. The minimum absolute atomic E-state index is 0.218. The molecule has 0 fully saturated rings. The Morgan fingerprint density at radius 2 is 1.56 bits per heavy atom. The van der Waals surface area contributed by atoms with Crippen LogP contribution in [0.3, 0.4) is 0 Å². The number of carbonyl (C=O) groups excluding carboxylic acids is 2. The molecule has 0 aliphatic heterocycles. The van der Waals surface area contributed by atoms with E-state index in [0.29, 0.717) is 12.5 Å². The maximum atomic E-state index is 12.5. The number of nitrogens with zero attached hydrogens (tertiary/aromatic N) is 1. The number of hydrogen-bond donors (Lipinski definition) is 2. The number of carbonyl (C=O) groups is 2. The average Bonchev–Trinajstić information content (AvgIpc) is 2.60. The second-order valence-electron chi connectivity index (χ2n) is 6.71. The van der Waals surface area contributed by atoms with E-state index in [9.17, 15) is 9.59 Å². The second kappa shape index (κ2) is 8.42. The first-order valence-corrected chi connectivity index (χ1v) is 8.54. The summed E-state index contributed by atoms with van der Waals surface area (Å²) in [4.78, 5) is 28.8. The number of amides is 2. The first kappa shape index (κ1) is 18.6. The number of rotatable bonds is 6. The van der Waals surface area contributed by atoms with Gasteiger partial charge in [0.1, 0.15) is 11.4 Å². The summed E-state index contributed by atoms with van der Waals surface area (Å²) in [5.41, 5.74) is 2.28. The van der Waals surface area contributed by atoms with Crippen molar-refractivity contribution >= 4 is 17.5 Å². The zero-order valence-electron chi connectivity index (χ0n) is 15.2. The fourth-order valence-corrected chi connectivity index (χ4v) is 2.38. The molecule has 1 heterocycles. The van der Waals surface area contributed by atoms with Crippen molar-refractivity contribution in [1.82, 2.24) is 10.3 Å². The fraction of sp³-hybridized carbons (Fsp3) is 0.350. The highest BCUT2D eigenvalue weighted by atomic mass is 16.2. The maximum Gasteiger partial charge on any atom is 0.274 e. The molecule has 5 heteroatoms. The second-order valence-corrected chi connectivity index (χ2v) is 6.71. The molecule has 0 aliphatic carbocycles. The average molecular weight is 339 g/mol. The molecule has 132 valence electrons. The van der Waals surface area contributed by atoms with Crippen LogP contribution in [0.5, 0.6) is 0 Å². The van der Waals surface area contributed by atoms with Gasteiger partial charge in [0.05, 0.1) is 0 Å².